The third-order valence-corrected chi connectivity index (χ3v) is 4.11. The summed E-state index contributed by atoms with van der Waals surface area (Å²) >= 11 is 0. The van der Waals surface area contributed by atoms with E-state index in [1.54, 1.807) is 4.90 Å². The molecule has 6 nitrogen and oxygen atoms in total. The van der Waals surface area contributed by atoms with E-state index in [1.165, 1.54) is 0 Å². The second-order valence-corrected chi connectivity index (χ2v) is 7.05. The fourth-order valence-electron chi connectivity index (χ4n) is 3.03. The summed E-state index contributed by atoms with van der Waals surface area (Å²) < 4.78 is 11.2. The van der Waals surface area contributed by atoms with E-state index in [9.17, 15) is 9.59 Å². The van der Waals surface area contributed by atoms with Gasteiger partial charge >= 0.3 is 12.1 Å². The number of hydrogen-bond donors (Lipinski definition) is 1. The standard InChI is InChI=1S/C15H25NO5/c1-14(2,3)21-13(19)16-7-4-5-15(6-8-16)9-11(10-20-15)12(17)18/h11H,4-10H2,1-3H3,(H,17,18)/t11-,15+/m1/s1. The molecule has 0 radical (unpaired) electrons. The molecule has 0 bridgehead atoms. The number of carboxylic acid groups (broad SMARTS) is 1. The number of carboxylic acids is 1. The second-order valence-electron chi connectivity index (χ2n) is 7.05. The molecule has 1 spiro atoms. The van der Waals surface area contributed by atoms with Gasteiger partial charge in [-0.15, -0.1) is 0 Å². The van der Waals surface area contributed by atoms with Crippen molar-refractivity contribution >= 4 is 12.1 Å². The van der Waals surface area contributed by atoms with E-state index in [1.807, 2.05) is 20.8 Å². The van der Waals surface area contributed by atoms with Gasteiger partial charge in [0.25, 0.3) is 0 Å². The molecule has 6 heteroatoms. The molecule has 2 aliphatic heterocycles. The summed E-state index contributed by atoms with van der Waals surface area (Å²) in [5, 5.41) is 9.10. The van der Waals surface area contributed by atoms with E-state index in [0.29, 0.717) is 25.9 Å². The van der Waals surface area contributed by atoms with Gasteiger partial charge in [-0.2, -0.15) is 0 Å². The Bertz CT molecular complexity index is 417. The van der Waals surface area contributed by atoms with Gasteiger partial charge in [0.15, 0.2) is 0 Å². The molecule has 120 valence electrons. The number of amides is 1. The number of aliphatic carboxylic acids is 1. The highest BCUT2D eigenvalue weighted by molar-refractivity contribution is 5.70. The zero-order chi connectivity index (χ0) is 15.7. The largest absolute Gasteiger partial charge is 0.481 e. The quantitative estimate of drug-likeness (QED) is 0.803. The van der Waals surface area contributed by atoms with Crippen LogP contribution in [0.15, 0.2) is 0 Å². The molecule has 2 fully saturated rings. The number of likely N-dealkylation sites (tertiary alicyclic amines) is 1. The van der Waals surface area contributed by atoms with Crippen LogP contribution < -0.4 is 0 Å². The Balaban J connectivity index is 1.94. The lowest BCUT2D eigenvalue weighted by Gasteiger charge is -2.28. The van der Waals surface area contributed by atoms with E-state index < -0.39 is 17.5 Å². The maximum atomic E-state index is 12.1. The first kappa shape index (κ1) is 16.1. The number of nitrogens with zero attached hydrogens (tertiary/aromatic N) is 1. The lowest BCUT2D eigenvalue weighted by molar-refractivity contribution is -0.141. The summed E-state index contributed by atoms with van der Waals surface area (Å²) in [6.07, 6.45) is 2.54. The van der Waals surface area contributed by atoms with Gasteiger partial charge in [-0.3, -0.25) is 4.79 Å². The third kappa shape index (κ3) is 4.09. The van der Waals surface area contributed by atoms with Crippen LogP contribution in [-0.2, 0) is 14.3 Å². The fraction of sp³-hybridized carbons (Fsp3) is 0.867. The van der Waals surface area contributed by atoms with Crippen molar-refractivity contribution in [2.45, 2.75) is 57.7 Å². The Hall–Kier alpha value is -1.30. The summed E-state index contributed by atoms with van der Waals surface area (Å²) in [5.74, 6) is -1.21. The summed E-state index contributed by atoms with van der Waals surface area (Å²) in [5.41, 5.74) is -0.876. The molecule has 0 unspecified atom stereocenters. The van der Waals surface area contributed by atoms with Crippen LogP contribution in [0.1, 0.15) is 46.5 Å². The van der Waals surface area contributed by atoms with Crippen molar-refractivity contribution in [1.29, 1.82) is 0 Å². The van der Waals surface area contributed by atoms with Gasteiger partial charge in [-0.05, 0) is 46.5 Å². The zero-order valence-electron chi connectivity index (χ0n) is 13.1. The molecule has 0 aromatic carbocycles. The van der Waals surface area contributed by atoms with Crippen LogP contribution in [0.4, 0.5) is 4.79 Å². The molecule has 2 aliphatic rings. The highest BCUT2D eigenvalue weighted by Gasteiger charge is 2.44. The Labute approximate surface area is 125 Å². The normalized spacial score (nSPS) is 30.2. The minimum Gasteiger partial charge on any atom is -0.481 e. The van der Waals surface area contributed by atoms with Crippen LogP contribution in [-0.4, -0.2) is 53.0 Å². The predicted molar refractivity (Wildman–Crippen MR) is 76.1 cm³/mol. The minimum atomic E-state index is -0.792. The lowest BCUT2D eigenvalue weighted by atomic mass is 9.88. The van der Waals surface area contributed by atoms with Crippen molar-refractivity contribution in [1.82, 2.24) is 4.90 Å². The molecule has 2 rings (SSSR count). The van der Waals surface area contributed by atoms with Crippen molar-refractivity contribution in [3.8, 4) is 0 Å². The number of carbonyl (C=O) groups is 2. The molecule has 1 amide bonds. The maximum absolute atomic E-state index is 12.1. The summed E-state index contributed by atoms with van der Waals surface area (Å²) in [6.45, 7) is 7.02. The Kier molecular flexibility index (Phi) is 4.46. The van der Waals surface area contributed by atoms with E-state index >= 15 is 0 Å². The van der Waals surface area contributed by atoms with E-state index in [0.717, 1.165) is 12.8 Å². The molecule has 2 heterocycles. The molecule has 0 saturated carbocycles. The van der Waals surface area contributed by atoms with Gasteiger partial charge in [0.2, 0.25) is 0 Å². The van der Waals surface area contributed by atoms with Gasteiger partial charge in [0, 0.05) is 13.1 Å². The molecule has 2 saturated heterocycles. The summed E-state index contributed by atoms with van der Waals surface area (Å²) in [4.78, 5) is 24.9. The van der Waals surface area contributed by atoms with E-state index in [4.69, 9.17) is 14.6 Å². The van der Waals surface area contributed by atoms with Crippen molar-refractivity contribution in [3.05, 3.63) is 0 Å². The second kappa shape index (κ2) is 5.83. The highest BCUT2D eigenvalue weighted by atomic mass is 16.6. The Morgan fingerprint density at radius 2 is 2.00 bits per heavy atom. The monoisotopic (exact) mass is 299 g/mol. The lowest BCUT2D eigenvalue weighted by Crippen LogP contribution is -2.38. The molecule has 21 heavy (non-hydrogen) atoms. The molecule has 1 N–H and O–H groups in total. The SMILES string of the molecule is CC(C)(C)OC(=O)N1CCC[C@]2(CC1)C[C@@H](C(=O)O)CO2. The summed E-state index contributed by atoms with van der Waals surface area (Å²) in [7, 11) is 0. The average molecular weight is 299 g/mol. The van der Waals surface area contributed by atoms with Crippen LogP contribution in [0, 0.1) is 5.92 Å². The predicted octanol–water partition coefficient (Wildman–Crippen LogP) is 2.27. The molecule has 0 aromatic heterocycles. The van der Waals surface area contributed by atoms with Crippen LogP contribution in [0.25, 0.3) is 0 Å². The van der Waals surface area contributed by atoms with Crippen molar-refractivity contribution in [2.24, 2.45) is 5.92 Å². The Morgan fingerprint density at radius 1 is 1.29 bits per heavy atom. The van der Waals surface area contributed by atoms with Crippen LogP contribution in [0.5, 0.6) is 0 Å². The van der Waals surface area contributed by atoms with Crippen molar-refractivity contribution in [3.63, 3.8) is 0 Å². The first-order chi connectivity index (χ1) is 9.71. The van der Waals surface area contributed by atoms with Gasteiger partial charge < -0.3 is 19.5 Å². The van der Waals surface area contributed by atoms with Crippen LogP contribution in [0.3, 0.4) is 0 Å². The number of ether oxygens (including phenoxy) is 2. The van der Waals surface area contributed by atoms with Gasteiger partial charge in [0.1, 0.15) is 5.60 Å². The van der Waals surface area contributed by atoms with E-state index in [-0.39, 0.29) is 18.3 Å². The molecule has 0 aliphatic carbocycles. The van der Waals surface area contributed by atoms with Crippen LogP contribution in [0.2, 0.25) is 0 Å². The third-order valence-electron chi connectivity index (χ3n) is 4.11. The number of rotatable bonds is 1. The maximum Gasteiger partial charge on any atom is 0.410 e. The van der Waals surface area contributed by atoms with Crippen molar-refractivity contribution < 1.29 is 24.2 Å². The first-order valence-electron chi connectivity index (χ1n) is 7.55. The van der Waals surface area contributed by atoms with Gasteiger partial charge in [-0.25, -0.2) is 4.79 Å². The topological polar surface area (TPSA) is 76.1 Å². The Morgan fingerprint density at radius 3 is 2.57 bits per heavy atom. The van der Waals surface area contributed by atoms with Crippen LogP contribution >= 0.6 is 0 Å². The minimum absolute atomic E-state index is 0.280. The van der Waals surface area contributed by atoms with Crippen molar-refractivity contribution in [2.75, 3.05) is 19.7 Å². The number of carbonyl (C=O) groups excluding carboxylic acids is 1. The summed E-state index contributed by atoms with van der Waals surface area (Å²) in [6, 6.07) is 0. The first-order valence-corrected chi connectivity index (χ1v) is 7.55. The zero-order valence-corrected chi connectivity index (χ0v) is 13.1. The van der Waals surface area contributed by atoms with Gasteiger partial charge in [0.05, 0.1) is 18.1 Å². The number of hydrogen-bond acceptors (Lipinski definition) is 4. The highest BCUT2D eigenvalue weighted by Crippen LogP contribution is 2.38. The molecular formula is C15H25NO5. The van der Waals surface area contributed by atoms with E-state index in [2.05, 4.69) is 0 Å². The molecular weight excluding hydrogens is 274 g/mol. The average Bonchev–Trinajstić information content (AvgIpc) is 2.63. The molecule has 0 aromatic rings. The van der Waals surface area contributed by atoms with Gasteiger partial charge in [-0.1, -0.05) is 0 Å². The smallest absolute Gasteiger partial charge is 0.410 e. The molecule has 2 atom stereocenters. The fourth-order valence-corrected chi connectivity index (χ4v) is 3.03.